The van der Waals surface area contributed by atoms with Crippen molar-refractivity contribution in [3.63, 3.8) is 0 Å². The Kier molecular flexibility index (Phi) is 5.42. The summed E-state index contributed by atoms with van der Waals surface area (Å²) in [6, 6.07) is 12.1. The van der Waals surface area contributed by atoms with Gasteiger partial charge < -0.3 is 10.0 Å². The van der Waals surface area contributed by atoms with Crippen molar-refractivity contribution >= 4 is 17.2 Å². The summed E-state index contributed by atoms with van der Waals surface area (Å²) < 4.78 is 0. The zero-order chi connectivity index (χ0) is 18.6. The predicted octanol–water partition coefficient (Wildman–Crippen LogP) is 2.98. The van der Waals surface area contributed by atoms with Crippen molar-refractivity contribution < 1.29 is 5.11 Å². The topological polar surface area (TPSA) is 65.4 Å². The van der Waals surface area contributed by atoms with E-state index in [1.807, 2.05) is 48.8 Å². The number of rotatable bonds is 5. The first-order chi connectivity index (χ1) is 13.2. The third-order valence-corrected chi connectivity index (χ3v) is 5.83. The maximum absolute atomic E-state index is 9.62. The monoisotopic (exact) mass is 381 g/mol. The van der Waals surface area contributed by atoms with Crippen molar-refractivity contribution in [1.82, 2.24) is 19.9 Å². The van der Waals surface area contributed by atoms with Gasteiger partial charge in [0.2, 0.25) is 0 Å². The van der Waals surface area contributed by atoms with Gasteiger partial charge in [0.25, 0.3) is 0 Å². The standard InChI is InChI=1S/C20H23N5OS/c1-15(26)20-22-13-17(27-20)14-24-9-11-25(12-10-24)18-7-8-21-19(23-18)16-5-3-2-4-6-16/h2-8,13,15,26H,9-12,14H2,1H3. The third-order valence-electron chi connectivity index (χ3n) is 4.68. The fourth-order valence-corrected chi connectivity index (χ4v) is 4.09. The van der Waals surface area contributed by atoms with Gasteiger partial charge in [0.05, 0.1) is 0 Å². The molecule has 6 nitrogen and oxygen atoms in total. The molecule has 3 heterocycles. The smallest absolute Gasteiger partial charge is 0.161 e. The minimum atomic E-state index is -0.489. The van der Waals surface area contributed by atoms with Crippen molar-refractivity contribution in [2.45, 2.75) is 19.6 Å². The molecule has 1 aromatic carbocycles. The Bertz CT molecular complexity index is 875. The van der Waals surface area contributed by atoms with E-state index in [-0.39, 0.29) is 0 Å². The fraction of sp³-hybridized carbons (Fsp3) is 0.350. The fourth-order valence-electron chi connectivity index (χ4n) is 3.20. The van der Waals surface area contributed by atoms with Crippen LogP contribution in [0.25, 0.3) is 11.4 Å². The normalized spacial score (nSPS) is 16.4. The average Bonchev–Trinajstić information content (AvgIpc) is 3.18. The highest BCUT2D eigenvalue weighted by Gasteiger charge is 2.20. The summed E-state index contributed by atoms with van der Waals surface area (Å²) in [4.78, 5) is 19.4. The zero-order valence-electron chi connectivity index (χ0n) is 15.3. The number of anilines is 1. The summed E-state index contributed by atoms with van der Waals surface area (Å²) >= 11 is 1.59. The van der Waals surface area contributed by atoms with E-state index in [0.717, 1.165) is 54.9 Å². The summed E-state index contributed by atoms with van der Waals surface area (Å²) in [5.41, 5.74) is 1.04. The number of benzene rings is 1. The summed E-state index contributed by atoms with van der Waals surface area (Å²) in [5.74, 6) is 1.75. The molecule has 0 bridgehead atoms. The first-order valence-corrected chi connectivity index (χ1v) is 9.99. The van der Waals surface area contributed by atoms with E-state index in [9.17, 15) is 5.11 Å². The van der Waals surface area contributed by atoms with Crippen LogP contribution in [-0.4, -0.2) is 51.1 Å². The summed E-state index contributed by atoms with van der Waals surface area (Å²) in [6.07, 6.45) is 3.24. The maximum Gasteiger partial charge on any atom is 0.161 e. The van der Waals surface area contributed by atoms with E-state index in [0.29, 0.717) is 0 Å². The molecule has 0 aliphatic carbocycles. The minimum Gasteiger partial charge on any atom is -0.386 e. The number of piperazine rings is 1. The molecule has 1 aliphatic heterocycles. The SMILES string of the molecule is CC(O)c1ncc(CN2CCN(c3ccnc(-c4ccccc4)n3)CC2)s1. The molecule has 4 rings (SSSR count). The Balaban J connectivity index is 1.38. The van der Waals surface area contributed by atoms with Crippen LogP contribution < -0.4 is 4.90 Å². The van der Waals surface area contributed by atoms with Crippen LogP contribution in [0.2, 0.25) is 0 Å². The Morgan fingerprint density at radius 1 is 1.07 bits per heavy atom. The highest BCUT2D eigenvalue weighted by atomic mass is 32.1. The third kappa shape index (κ3) is 4.32. The number of hydrogen-bond donors (Lipinski definition) is 1. The number of hydrogen-bond acceptors (Lipinski definition) is 7. The highest BCUT2D eigenvalue weighted by molar-refractivity contribution is 7.11. The van der Waals surface area contributed by atoms with E-state index in [2.05, 4.69) is 19.8 Å². The molecule has 1 atom stereocenters. The minimum absolute atomic E-state index is 0.489. The van der Waals surface area contributed by atoms with Crippen LogP contribution in [0, 0.1) is 0 Å². The summed E-state index contributed by atoms with van der Waals surface area (Å²) in [7, 11) is 0. The molecular formula is C20H23N5OS. The van der Waals surface area contributed by atoms with Crippen molar-refractivity contribution in [2.24, 2.45) is 0 Å². The van der Waals surface area contributed by atoms with Gasteiger partial charge in [-0.1, -0.05) is 30.3 Å². The van der Waals surface area contributed by atoms with E-state index >= 15 is 0 Å². The maximum atomic E-state index is 9.62. The second kappa shape index (κ2) is 8.12. The number of aliphatic hydroxyl groups excluding tert-OH is 1. The number of aliphatic hydroxyl groups is 1. The van der Waals surface area contributed by atoms with Crippen LogP contribution in [0.15, 0.2) is 48.8 Å². The van der Waals surface area contributed by atoms with Gasteiger partial charge in [0.1, 0.15) is 16.9 Å². The van der Waals surface area contributed by atoms with Crippen molar-refractivity contribution in [2.75, 3.05) is 31.1 Å². The summed E-state index contributed by atoms with van der Waals surface area (Å²) in [6.45, 7) is 6.48. The zero-order valence-corrected chi connectivity index (χ0v) is 16.1. The lowest BCUT2D eigenvalue weighted by Crippen LogP contribution is -2.46. The molecule has 1 fully saturated rings. The van der Waals surface area contributed by atoms with Crippen LogP contribution in [0.5, 0.6) is 0 Å². The predicted molar refractivity (Wildman–Crippen MR) is 108 cm³/mol. The van der Waals surface area contributed by atoms with Crippen LogP contribution >= 0.6 is 11.3 Å². The Labute approximate surface area is 163 Å². The lowest BCUT2D eigenvalue weighted by atomic mass is 10.2. The van der Waals surface area contributed by atoms with E-state index < -0.39 is 6.10 Å². The molecule has 1 N–H and O–H groups in total. The molecule has 1 aliphatic rings. The Morgan fingerprint density at radius 2 is 1.85 bits per heavy atom. The number of aromatic nitrogens is 3. The molecular weight excluding hydrogens is 358 g/mol. The van der Waals surface area contributed by atoms with E-state index in [1.54, 1.807) is 18.3 Å². The van der Waals surface area contributed by atoms with Gasteiger partial charge in [-0.2, -0.15) is 0 Å². The molecule has 1 saturated heterocycles. The lowest BCUT2D eigenvalue weighted by molar-refractivity contribution is 0.199. The molecule has 3 aromatic rings. The Morgan fingerprint density at radius 3 is 2.56 bits per heavy atom. The van der Waals surface area contributed by atoms with Crippen molar-refractivity contribution in [3.8, 4) is 11.4 Å². The van der Waals surface area contributed by atoms with Crippen molar-refractivity contribution in [3.05, 3.63) is 58.7 Å². The van der Waals surface area contributed by atoms with Crippen LogP contribution in [-0.2, 0) is 6.54 Å². The molecule has 140 valence electrons. The molecule has 1 unspecified atom stereocenters. The van der Waals surface area contributed by atoms with E-state index in [1.165, 1.54) is 4.88 Å². The van der Waals surface area contributed by atoms with Crippen LogP contribution in [0.3, 0.4) is 0 Å². The van der Waals surface area contributed by atoms with Crippen LogP contribution in [0.1, 0.15) is 22.9 Å². The van der Waals surface area contributed by atoms with Gasteiger partial charge in [-0.25, -0.2) is 15.0 Å². The average molecular weight is 382 g/mol. The van der Waals surface area contributed by atoms with Gasteiger partial charge in [0, 0.05) is 55.6 Å². The second-order valence-electron chi connectivity index (χ2n) is 6.71. The quantitative estimate of drug-likeness (QED) is 0.733. The van der Waals surface area contributed by atoms with Gasteiger partial charge in [-0.05, 0) is 13.0 Å². The molecule has 27 heavy (non-hydrogen) atoms. The summed E-state index contributed by atoms with van der Waals surface area (Å²) in [5, 5.41) is 10.4. The Hall–Kier alpha value is -2.35. The van der Waals surface area contributed by atoms with Crippen LogP contribution in [0.4, 0.5) is 5.82 Å². The van der Waals surface area contributed by atoms with Gasteiger partial charge in [-0.3, -0.25) is 4.90 Å². The molecule has 0 radical (unpaired) electrons. The lowest BCUT2D eigenvalue weighted by Gasteiger charge is -2.35. The van der Waals surface area contributed by atoms with Crippen molar-refractivity contribution in [1.29, 1.82) is 0 Å². The molecule has 7 heteroatoms. The molecule has 0 saturated carbocycles. The first kappa shape index (κ1) is 18.0. The first-order valence-electron chi connectivity index (χ1n) is 9.17. The largest absolute Gasteiger partial charge is 0.386 e. The van der Waals surface area contributed by atoms with Gasteiger partial charge in [-0.15, -0.1) is 11.3 Å². The molecule has 0 spiro atoms. The van der Waals surface area contributed by atoms with Gasteiger partial charge in [0.15, 0.2) is 5.82 Å². The molecule has 2 aromatic heterocycles. The van der Waals surface area contributed by atoms with Gasteiger partial charge >= 0.3 is 0 Å². The second-order valence-corrected chi connectivity index (χ2v) is 7.86. The number of nitrogens with zero attached hydrogens (tertiary/aromatic N) is 5. The van der Waals surface area contributed by atoms with E-state index in [4.69, 9.17) is 4.98 Å². The number of thiazole rings is 1. The molecule has 0 amide bonds. The highest BCUT2D eigenvalue weighted by Crippen LogP contribution is 2.23.